The van der Waals surface area contributed by atoms with E-state index in [2.05, 4.69) is 10.3 Å². The molecule has 0 spiro atoms. The molecule has 1 amide bonds. The predicted molar refractivity (Wildman–Crippen MR) is 120 cm³/mol. The molecular formula is C24H21N3O4. The molecule has 0 saturated carbocycles. The first-order valence-electron chi connectivity index (χ1n) is 9.66. The third-order valence-corrected chi connectivity index (χ3v) is 4.93. The zero-order chi connectivity index (χ0) is 21.8. The van der Waals surface area contributed by atoms with E-state index in [-0.39, 0.29) is 18.0 Å². The standard InChI is InChI=1S/C24H21N3O4/c1-30-21-12-18-20(13-22(21)31-2)25-15-27(24(18)29)14-23(28)26-19-11-7-6-10-17(19)16-8-4-3-5-9-16/h3-13,15H,14H2,1-2H3,(H,26,28). The van der Waals surface area contributed by atoms with Crippen molar-refractivity contribution in [1.29, 1.82) is 0 Å². The molecule has 0 saturated heterocycles. The Balaban J connectivity index is 1.61. The van der Waals surface area contributed by atoms with Crippen LogP contribution in [0.15, 0.2) is 77.9 Å². The maximum absolute atomic E-state index is 12.9. The summed E-state index contributed by atoms with van der Waals surface area (Å²) < 4.78 is 11.8. The Morgan fingerprint density at radius 2 is 1.65 bits per heavy atom. The lowest BCUT2D eigenvalue weighted by molar-refractivity contribution is -0.116. The summed E-state index contributed by atoms with van der Waals surface area (Å²) in [5.41, 5.74) is 2.69. The van der Waals surface area contributed by atoms with Crippen molar-refractivity contribution in [3.8, 4) is 22.6 Å². The monoisotopic (exact) mass is 415 g/mol. The van der Waals surface area contributed by atoms with Crippen LogP contribution >= 0.6 is 0 Å². The number of aromatic nitrogens is 2. The van der Waals surface area contributed by atoms with Gasteiger partial charge in [0.05, 0.1) is 31.4 Å². The van der Waals surface area contributed by atoms with Crippen molar-refractivity contribution in [1.82, 2.24) is 9.55 Å². The van der Waals surface area contributed by atoms with Gasteiger partial charge in [-0.2, -0.15) is 0 Å². The Labute approximate surface area is 178 Å². The van der Waals surface area contributed by atoms with Crippen LogP contribution in [-0.2, 0) is 11.3 Å². The number of benzene rings is 3. The highest BCUT2D eigenvalue weighted by Crippen LogP contribution is 2.30. The third kappa shape index (κ3) is 4.11. The molecular weight excluding hydrogens is 394 g/mol. The Morgan fingerprint density at radius 1 is 0.968 bits per heavy atom. The number of nitrogens with one attached hydrogen (secondary N) is 1. The molecule has 0 fully saturated rings. The number of amides is 1. The van der Waals surface area contributed by atoms with E-state index in [1.165, 1.54) is 25.1 Å². The summed E-state index contributed by atoms with van der Waals surface area (Å²) in [5.74, 6) is 0.579. The molecule has 7 nitrogen and oxygen atoms in total. The Bertz CT molecular complexity index is 1300. The summed E-state index contributed by atoms with van der Waals surface area (Å²) in [6, 6.07) is 20.5. The molecule has 4 aromatic rings. The van der Waals surface area contributed by atoms with Gasteiger partial charge in [0, 0.05) is 17.3 Å². The number of rotatable bonds is 6. The van der Waals surface area contributed by atoms with E-state index in [9.17, 15) is 9.59 Å². The quantitative estimate of drug-likeness (QED) is 0.519. The van der Waals surface area contributed by atoms with Crippen LogP contribution in [-0.4, -0.2) is 29.7 Å². The van der Waals surface area contributed by atoms with Crippen molar-refractivity contribution >= 4 is 22.5 Å². The summed E-state index contributed by atoms with van der Waals surface area (Å²) >= 11 is 0. The van der Waals surface area contributed by atoms with Crippen LogP contribution < -0.4 is 20.3 Å². The molecule has 0 atom stereocenters. The second-order valence-corrected chi connectivity index (χ2v) is 6.86. The number of ether oxygens (including phenoxy) is 2. The number of hydrogen-bond donors (Lipinski definition) is 1. The fraction of sp³-hybridized carbons (Fsp3) is 0.125. The van der Waals surface area contributed by atoms with E-state index >= 15 is 0 Å². The van der Waals surface area contributed by atoms with E-state index in [1.807, 2.05) is 54.6 Å². The Morgan fingerprint density at radius 3 is 2.39 bits per heavy atom. The van der Waals surface area contributed by atoms with Crippen molar-refractivity contribution in [2.75, 3.05) is 19.5 Å². The Hall–Kier alpha value is -4.13. The molecule has 0 aliphatic carbocycles. The molecule has 1 aromatic heterocycles. The highest BCUT2D eigenvalue weighted by molar-refractivity contribution is 5.95. The summed E-state index contributed by atoms with van der Waals surface area (Å²) in [6.07, 6.45) is 1.36. The van der Waals surface area contributed by atoms with Gasteiger partial charge in [-0.15, -0.1) is 0 Å². The van der Waals surface area contributed by atoms with Crippen LogP contribution in [0.2, 0.25) is 0 Å². The second-order valence-electron chi connectivity index (χ2n) is 6.86. The summed E-state index contributed by atoms with van der Waals surface area (Å²) in [5, 5.41) is 3.25. The zero-order valence-corrected chi connectivity index (χ0v) is 17.2. The molecule has 31 heavy (non-hydrogen) atoms. The summed E-state index contributed by atoms with van der Waals surface area (Å²) in [6.45, 7) is -0.167. The summed E-state index contributed by atoms with van der Waals surface area (Å²) in [4.78, 5) is 30.0. The van der Waals surface area contributed by atoms with Crippen LogP contribution in [0.3, 0.4) is 0 Å². The topological polar surface area (TPSA) is 82.5 Å². The van der Waals surface area contributed by atoms with Crippen molar-refractivity contribution in [3.05, 3.63) is 83.4 Å². The molecule has 156 valence electrons. The molecule has 0 bridgehead atoms. The maximum Gasteiger partial charge on any atom is 0.261 e. The fourth-order valence-corrected chi connectivity index (χ4v) is 3.40. The molecule has 0 aliphatic rings. The molecule has 1 N–H and O–H groups in total. The third-order valence-electron chi connectivity index (χ3n) is 4.93. The predicted octanol–water partition coefficient (Wildman–Crippen LogP) is 3.72. The summed E-state index contributed by atoms with van der Waals surface area (Å²) in [7, 11) is 3.01. The van der Waals surface area contributed by atoms with Crippen LogP contribution in [0.1, 0.15) is 0 Å². The van der Waals surface area contributed by atoms with Gasteiger partial charge in [-0.25, -0.2) is 4.98 Å². The normalized spacial score (nSPS) is 10.6. The van der Waals surface area contributed by atoms with E-state index in [4.69, 9.17) is 9.47 Å². The molecule has 1 heterocycles. The van der Waals surface area contributed by atoms with E-state index in [0.29, 0.717) is 28.1 Å². The lowest BCUT2D eigenvalue weighted by Crippen LogP contribution is -2.28. The first kappa shape index (κ1) is 20.2. The van der Waals surface area contributed by atoms with E-state index in [0.717, 1.165) is 11.1 Å². The first-order valence-corrected chi connectivity index (χ1v) is 9.66. The van der Waals surface area contributed by atoms with Crippen molar-refractivity contribution in [3.63, 3.8) is 0 Å². The minimum absolute atomic E-state index is 0.167. The Kier molecular flexibility index (Phi) is 5.66. The SMILES string of the molecule is COc1cc2ncn(CC(=O)Nc3ccccc3-c3ccccc3)c(=O)c2cc1OC. The van der Waals surface area contributed by atoms with Gasteiger partial charge in [0.2, 0.25) is 5.91 Å². The number of carbonyl (C=O) groups excluding carboxylic acids is 1. The second kappa shape index (κ2) is 8.71. The fourth-order valence-electron chi connectivity index (χ4n) is 3.40. The van der Waals surface area contributed by atoms with Gasteiger partial charge >= 0.3 is 0 Å². The molecule has 4 rings (SSSR count). The molecule has 0 unspecified atom stereocenters. The lowest BCUT2D eigenvalue weighted by Gasteiger charge is -2.13. The lowest BCUT2D eigenvalue weighted by atomic mass is 10.0. The number of methoxy groups -OCH3 is 2. The van der Waals surface area contributed by atoms with Crippen molar-refractivity contribution < 1.29 is 14.3 Å². The average Bonchev–Trinajstić information content (AvgIpc) is 2.81. The van der Waals surface area contributed by atoms with Gasteiger partial charge in [-0.1, -0.05) is 48.5 Å². The first-order chi connectivity index (χ1) is 15.1. The van der Waals surface area contributed by atoms with Crippen molar-refractivity contribution in [2.45, 2.75) is 6.54 Å². The minimum atomic E-state index is -0.336. The maximum atomic E-state index is 12.9. The van der Waals surface area contributed by atoms with Crippen molar-refractivity contribution in [2.24, 2.45) is 0 Å². The number of para-hydroxylation sites is 1. The minimum Gasteiger partial charge on any atom is -0.493 e. The number of anilines is 1. The highest BCUT2D eigenvalue weighted by atomic mass is 16.5. The molecule has 0 radical (unpaired) electrons. The van der Waals surface area contributed by atoms with E-state index in [1.54, 1.807) is 12.1 Å². The number of nitrogens with zero attached hydrogens (tertiary/aromatic N) is 2. The van der Waals surface area contributed by atoms with E-state index < -0.39 is 0 Å². The van der Waals surface area contributed by atoms with Crippen LogP contribution in [0.5, 0.6) is 11.5 Å². The molecule has 3 aromatic carbocycles. The van der Waals surface area contributed by atoms with Gasteiger partial charge < -0.3 is 14.8 Å². The largest absolute Gasteiger partial charge is 0.493 e. The smallest absolute Gasteiger partial charge is 0.261 e. The molecule has 7 heteroatoms. The zero-order valence-electron chi connectivity index (χ0n) is 17.2. The van der Waals surface area contributed by atoms with Crippen LogP contribution in [0, 0.1) is 0 Å². The van der Waals surface area contributed by atoms with Gasteiger partial charge in [0.1, 0.15) is 6.54 Å². The van der Waals surface area contributed by atoms with Gasteiger partial charge in [-0.3, -0.25) is 14.2 Å². The van der Waals surface area contributed by atoms with Crippen LogP contribution in [0.4, 0.5) is 5.69 Å². The van der Waals surface area contributed by atoms with Gasteiger partial charge in [0.25, 0.3) is 5.56 Å². The van der Waals surface area contributed by atoms with Gasteiger partial charge in [0.15, 0.2) is 11.5 Å². The number of hydrogen-bond acceptors (Lipinski definition) is 5. The highest BCUT2D eigenvalue weighted by Gasteiger charge is 2.14. The molecule has 0 aliphatic heterocycles. The number of fused-ring (bicyclic) bond motifs is 1. The number of carbonyl (C=O) groups is 1. The van der Waals surface area contributed by atoms with Gasteiger partial charge in [-0.05, 0) is 17.7 Å². The van der Waals surface area contributed by atoms with Crippen LogP contribution in [0.25, 0.3) is 22.0 Å². The average molecular weight is 415 g/mol.